The van der Waals surface area contributed by atoms with Crippen molar-refractivity contribution in [1.29, 1.82) is 0 Å². The molecule has 2 N–H and O–H groups in total. The molecule has 2 aromatic carbocycles. The van der Waals surface area contributed by atoms with Gasteiger partial charge in [0.1, 0.15) is 6.33 Å². The van der Waals surface area contributed by atoms with Crippen molar-refractivity contribution in [3.63, 3.8) is 0 Å². The molecule has 0 atom stereocenters. The van der Waals surface area contributed by atoms with Crippen LogP contribution in [0.2, 0.25) is 0 Å². The molecule has 0 radical (unpaired) electrons. The lowest BCUT2D eigenvalue weighted by atomic mass is 10.1. The van der Waals surface area contributed by atoms with E-state index < -0.39 is 6.61 Å². The SMILES string of the molecule is COc1cc(CNC(=O)c2cccc(NC(=O)CSc3nncn3C)c2)ccc1OC(F)F. The van der Waals surface area contributed by atoms with Gasteiger partial charge >= 0.3 is 6.61 Å². The first-order valence-electron chi connectivity index (χ1n) is 9.62. The van der Waals surface area contributed by atoms with Crippen LogP contribution >= 0.6 is 11.8 Å². The Hall–Kier alpha value is -3.67. The van der Waals surface area contributed by atoms with Crippen LogP contribution in [0.25, 0.3) is 0 Å². The van der Waals surface area contributed by atoms with Gasteiger partial charge < -0.3 is 24.7 Å². The molecule has 33 heavy (non-hydrogen) atoms. The lowest BCUT2D eigenvalue weighted by molar-refractivity contribution is -0.113. The molecule has 0 saturated heterocycles. The van der Waals surface area contributed by atoms with E-state index in [1.165, 1.54) is 31.0 Å². The summed E-state index contributed by atoms with van der Waals surface area (Å²) in [5.41, 5.74) is 1.45. The first kappa shape index (κ1) is 24.0. The predicted molar refractivity (Wildman–Crippen MR) is 118 cm³/mol. The Bertz CT molecular complexity index is 1130. The predicted octanol–water partition coefficient (Wildman–Crippen LogP) is 3.09. The number of benzene rings is 2. The van der Waals surface area contributed by atoms with Crippen LogP contribution in [0.1, 0.15) is 15.9 Å². The number of nitrogens with one attached hydrogen (secondary N) is 2. The highest BCUT2D eigenvalue weighted by Crippen LogP contribution is 2.29. The van der Waals surface area contributed by atoms with Gasteiger partial charge in [-0.15, -0.1) is 10.2 Å². The standard InChI is InChI=1S/C21H21F2N5O4S/c1-28-12-25-27-21(28)33-11-18(29)26-15-5-3-4-14(9-15)19(30)24-10-13-6-7-16(32-20(22)23)17(8-13)31-2/h3-9,12,20H,10-11H2,1-2H3,(H,24,30)(H,26,29). The minimum Gasteiger partial charge on any atom is -0.493 e. The molecule has 12 heteroatoms. The number of carbonyl (C=O) groups excluding carboxylic acids is 2. The van der Waals surface area contributed by atoms with Gasteiger partial charge in [-0.25, -0.2) is 0 Å². The van der Waals surface area contributed by atoms with Crippen LogP contribution in [-0.4, -0.2) is 46.1 Å². The molecule has 0 aliphatic rings. The highest BCUT2D eigenvalue weighted by molar-refractivity contribution is 7.99. The molecule has 0 spiro atoms. The molecular formula is C21H21F2N5O4S. The second kappa shape index (κ2) is 11.3. The number of anilines is 1. The summed E-state index contributed by atoms with van der Waals surface area (Å²) in [5.74, 6) is -0.449. The van der Waals surface area contributed by atoms with E-state index in [9.17, 15) is 18.4 Å². The van der Waals surface area contributed by atoms with E-state index in [4.69, 9.17) is 4.74 Å². The summed E-state index contributed by atoms with van der Waals surface area (Å²) >= 11 is 1.24. The summed E-state index contributed by atoms with van der Waals surface area (Å²) in [6.45, 7) is -2.84. The summed E-state index contributed by atoms with van der Waals surface area (Å²) in [4.78, 5) is 24.7. The number of ether oxygens (including phenoxy) is 2. The molecule has 3 rings (SSSR count). The van der Waals surface area contributed by atoms with E-state index in [0.29, 0.717) is 22.0 Å². The van der Waals surface area contributed by atoms with E-state index in [-0.39, 0.29) is 35.6 Å². The second-order valence-corrected chi connectivity index (χ2v) is 7.63. The maximum atomic E-state index is 12.5. The maximum Gasteiger partial charge on any atom is 0.387 e. The van der Waals surface area contributed by atoms with E-state index in [1.54, 1.807) is 48.3 Å². The first-order valence-corrected chi connectivity index (χ1v) is 10.6. The molecule has 0 fully saturated rings. The van der Waals surface area contributed by atoms with Gasteiger partial charge in [-0.05, 0) is 35.9 Å². The number of methoxy groups -OCH3 is 1. The molecule has 2 amide bonds. The van der Waals surface area contributed by atoms with Gasteiger partial charge in [0.15, 0.2) is 16.7 Å². The average molecular weight is 477 g/mol. The summed E-state index contributed by atoms with van der Waals surface area (Å²) in [5, 5.41) is 13.7. The number of hydrogen-bond donors (Lipinski definition) is 2. The highest BCUT2D eigenvalue weighted by atomic mass is 32.2. The number of alkyl halides is 2. The van der Waals surface area contributed by atoms with Crippen molar-refractivity contribution in [3.05, 3.63) is 59.9 Å². The van der Waals surface area contributed by atoms with Crippen molar-refractivity contribution in [2.75, 3.05) is 18.2 Å². The molecule has 174 valence electrons. The zero-order chi connectivity index (χ0) is 23.8. The molecule has 0 aliphatic carbocycles. The second-order valence-electron chi connectivity index (χ2n) is 6.69. The van der Waals surface area contributed by atoms with Crippen molar-refractivity contribution < 1.29 is 27.8 Å². The number of hydrogen-bond acceptors (Lipinski definition) is 7. The van der Waals surface area contributed by atoms with Crippen molar-refractivity contribution in [2.24, 2.45) is 7.05 Å². The fourth-order valence-corrected chi connectivity index (χ4v) is 3.46. The number of nitrogens with zero attached hydrogens (tertiary/aromatic N) is 3. The van der Waals surface area contributed by atoms with Crippen LogP contribution in [0.5, 0.6) is 11.5 Å². The van der Waals surface area contributed by atoms with Crippen LogP contribution in [0.3, 0.4) is 0 Å². The Labute approximate surface area is 192 Å². The minimum absolute atomic E-state index is 0.0941. The molecule has 9 nitrogen and oxygen atoms in total. The smallest absolute Gasteiger partial charge is 0.387 e. The van der Waals surface area contributed by atoms with Gasteiger partial charge in [0, 0.05) is 24.8 Å². The average Bonchev–Trinajstić information content (AvgIpc) is 3.21. The maximum absolute atomic E-state index is 12.5. The number of thioether (sulfide) groups is 1. The fourth-order valence-electron chi connectivity index (χ4n) is 2.77. The highest BCUT2D eigenvalue weighted by Gasteiger charge is 2.13. The molecule has 3 aromatic rings. The zero-order valence-corrected chi connectivity index (χ0v) is 18.6. The lowest BCUT2D eigenvalue weighted by Gasteiger charge is -2.12. The third kappa shape index (κ3) is 6.91. The summed E-state index contributed by atoms with van der Waals surface area (Å²) in [7, 11) is 3.12. The minimum atomic E-state index is -2.97. The van der Waals surface area contributed by atoms with Crippen molar-refractivity contribution in [2.45, 2.75) is 18.3 Å². The Morgan fingerprint density at radius 2 is 2.00 bits per heavy atom. The summed E-state index contributed by atoms with van der Waals surface area (Å²) in [6.07, 6.45) is 1.55. The van der Waals surface area contributed by atoms with Crippen LogP contribution in [0.4, 0.5) is 14.5 Å². The van der Waals surface area contributed by atoms with Gasteiger partial charge in [0.05, 0.1) is 12.9 Å². The first-order chi connectivity index (χ1) is 15.9. The third-order valence-corrected chi connectivity index (χ3v) is 5.34. The van der Waals surface area contributed by atoms with Gasteiger partial charge in [0.2, 0.25) is 5.91 Å². The van der Waals surface area contributed by atoms with E-state index in [2.05, 4.69) is 25.6 Å². The number of carbonyl (C=O) groups is 2. The number of amides is 2. The molecular weight excluding hydrogens is 456 g/mol. The van der Waals surface area contributed by atoms with E-state index in [1.807, 2.05) is 0 Å². The number of halogens is 2. The van der Waals surface area contributed by atoms with Crippen molar-refractivity contribution >= 4 is 29.3 Å². The van der Waals surface area contributed by atoms with Crippen LogP contribution in [-0.2, 0) is 18.4 Å². The van der Waals surface area contributed by atoms with Gasteiger partial charge in [-0.3, -0.25) is 9.59 Å². The lowest BCUT2D eigenvalue weighted by Crippen LogP contribution is -2.23. The van der Waals surface area contributed by atoms with Crippen LogP contribution in [0.15, 0.2) is 53.9 Å². The largest absolute Gasteiger partial charge is 0.493 e. The van der Waals surface area contributed by atoms with E-state index in [0.717, 1.165) is 0 Å². The summed E-state index contributed by atoms with van der Waals surface area (Å²) < 4.78 is 36.0. The van der Waals surface area contributed by atoms with E-state index >= 15 is 0 Å². The topological polar surface area (TPSA) is 107 Å². The molecule has 0 saturated carbocycles. The molecule has 0 aliphatic heterocycles. The van der Waals surface area contributed by atoms with Gasteiger partial charge in [-0.1, -0.05) is 23.9 Å². The summed E-state index contributed by atoms with van der Waals surface area (Å²) in [6, 6.07) is 10.9. The van der Waals surface area contributed by atoms with Gasteiger partial charge in [0.25, 0.3) is 5.91 Å². The molecule has 1 heterocycles. The van der Waals surface area contributed by atoms with Crippen molar-refractivity contribution in [3.8, 4) is 11.5 Å². The molecule has 0 unspecified atom stereocenters. The Kier molecular flexibility index (Phi) is 8.19. The fraction of sp³-hybridized carbons (Fsp3) is 0.238. The molecule has 0 bridgehead atoms. The third-order valence-electron chi connectivity index (χ3n) is 4.31. The molecule has 1 aromatic heterocycles. The van der Waals surface area contributed by atoms with Crippen LogP contribution < -0.4 is 20.1 Å². The Morgan fingerprint density at radius 3 is 2.70 bits per heavy atom. The monoisotopic (exact) mass is 477 g/mol. The normalized spacial score (nSPS) is 10.7. The van der Waals surface area contributed by atoms with Crippen molar-refractivity contribution in [1.82, 2.24) is 20.1 Å². The number of rotatable bonds is 10. The Morgan fingerprint density at radius 1 is 1.18 bits per heavy atom. The van der Waals surface area contributed by atoms with Gasteiger partial charge in [-0.2, -0.15) is 8.78 Å². The number of aryl methyl sites for hydroxylation is 1. The zero-order valence-electron chi connectivity index (χ0n) is 17.7. The Balaban J connectivity index is 1.56. The quantitative estimate of drug-likeness (QED) is 0.432. The van der Waals surface area contributed by atoms with Crippen LogP contribution in [0, 0.1) is 0 Å². The number of aromatic nitrogens is 3.